The summed E-state index contributed by atoms with van der Waals surface area (Å²) >= 11 is 0. The number of carbonyl (C=O) groups is 1. The van der Waals surface area contributed by atoms with Crippen molar-refractivity contribution in [3.8, 4) is 0 Å². The lowest BCUT2D eigenvalue weighted by molar-refractivity contribution is -0.116. The molecule has 142 valence electrons. The molecule has 1 aromatic heterocycles. The van der Waals surface area contributed by atoms with E-state index in [4.69, 9.17) is 4.74 Å². The molecule has 0 unspecified atom stereocenters. The van der Waals surface area contributed by atoms with Crippen molar-refractivity contribution in [3.05, 3.63) is 59.1 Å². The molecule has 2 heterocycles. The van der Waals surface area contributed by atoms with Gasteiger partial charge in [-0.2, -0.15) is 0 Å². The highest BCUT2D eigenvalue weighted by Crippen LogP contribution is 2.14. The number of carbonyl (C=O) groups excluding carboxylic acids is 1. The van der Waals surface area contributed by atoms with E-state index in [1.807, 2.05) is 13.0 Å². The van der Waals surface area contributed by atoms with Gasteiger partial charge >= 0.3 is 0 Å². The molecule has 1 aliphatic rings. The fourth-order valence-electron chi connectivity index (χ4n) is 2.68. The Morgan fingerprint density at radius 3 is 2.81 bits per heavy atom. The van der Waals surface area contributed by atoms with Crippen LogP contribution >= 0.6 is 0 Å². The van der Waals surface area contributed by atoms with E-state index >= 15 is 0 Å². The second kappa shape index (κ2) is 8.68. The van der Waals surface area contributed by atoms with Crippen LogP contribution in [0.15, 0.2) is 30.3 Å². The first-order valence-electron chi connectivity index (χ1n) is 8.59. The summed E-state index contributed by atoms with van der Waals surface area (Å²) in [5.41, 5.74) is 0.805. The summed E-state index contributed by atoms with van der Waals surface area (Å²) < 4.78 is 32.0. The molecule has 1 saturated heterocycles. The van der Waals surface area contributed by atoms with Crippen molar-refractivity contribution in [1.82, 2.24) is 15.3 Å². The minimum Gasteiger partial charge on any atom is -0.378 e. The summed E-state index contributed by atoms with van der Waals surface area (Å²) in [6.45, 7) is 4.80. The minimum absolute atomic E-state index is 0.00607. The number of aryl methyl sites for hydroxylation is 1. The number of hydrogen-bond acceptors (Lipinski definition) is 5. The minimum atomic E-state index is -0.599. The SMILES string of the molecule is Cc1cc(N2CCOCC2)nc(CNC(=O)/C=C/c2cc(F)ccc2F)n1. The fourth-order valence-corrected chi connectivity index (χ4v) is 2.68. The highest BCUT2D eigenvalue weighted by Gasteiger charge is 2.14. The monoisotopic (exact) mass is 374 g/mol. The molecule has 8 heteroatoms. The first-order valence-corrected chi connectivity index (χ1v) is 8.59. The Labute approximate surface area is 155 Å². The van der Waals surface area contributed by atoms with Crippen LogP contribution in [0.5, 0.6) is 0 Å². The van der Waals surface area contributed by atoms with E-state index in [9.17, 15) is 13.6 Å². The Morgan fingerprint density at radius 2 is 2.04 bits per heavy atom. The van der Waals surface area contributed by atoms with Crippen LogP contribution < -0.4 is 10.2 Å². The number of morpholine rings is 1. The van der Waals surface area contributed by atoms with Gasteiger partial charge in [0.15, 0.2) is 0 Å². The maximum atomic E-state index is 13.6. The Morgan fingerprint density at radius 1 is 1.26 bits per heavy atom. The van der Waals surface area contributed by atoms with Crippen LogP contribution in [0.4, 0.5) is 14.6 Å². The molecular weight excluding hydrogens is 354 g/mol. The maximum absolute atomic E-state index is 13.6. The topological polar surface area (TPSA) is 67.3 Å². The van der Waals surface area contributed by atoms with Crippen molar-refractivity contribution in [3.63, 3.8) is 0 Å². The molecule has 6 nitrogen and oxygen atoms in total. The smallest absolute Gasteiger partial charge is 0.244 e. The van der Waals surface area contributed by atoms with Crippen molar-refractivity contribution in [1.29, 1.82) is 0 Å². The maximum Gasteiger partial charge on any atom is 0.244 e. The second-order valence-electron chi connectivity index (χ2n) is 6.10. The van der Waals surface area contributed by atoms with Crippen LogP contribution in [-0.4, -0.2) is 42.2 Å². The van der Waals surface area contributed by atoms with Crippen LogP contribution in [-0.2, 0) is 16.1 Å². The van der Waals surface area contributed by atoms with Crippen LogP contribution in [0.2, 0.25) is 0 Å². The summed E-state index contributed by atoms with van der Waals surface area (Å²) in [5.74, 6) is -0.336. The summed E-state index contributed by atoms with van der Waals surface area (Å²) in [5, 5.41) is 2.65. The molecule has 2 aromatic rings. The van der Waals surface area contributed by atoms with Gasteiger partial charge in [0.1, 0.15) is 23.3 Å². The molecule has 27 heavy (non-hydrogen) atoms. The van der Waals surface area contributed by atoms with Gasteiger partial charge in [0.05, 0.1) is 19.8 Å². The summed E-state index contributed by atoms with van der Waals surface area (Å²) in [4.78, 5) is 22.9. The molecule has 1 amide bonds. The Balaban J connectivity index is 1.62. The van der Waals surface area contributed by atoms with E-state index < -0.39 is 17.5 Å². The third kappa shape index (κ3) is 5.30. The number of benzene rings is 1. The molecule has 1 aromatic carbocycles. The number of halogens is 2. The van der Waals surface area contributed by atoms with Gasteiger partial charge < -0.3 is 15.0 Å². The predicted molar refractivity (Wildman–Crippen MR) is 97.0 cm³/mol. The number of nitrogens with zero attached hydrogens (tertiary/aromatic N) is 3. The van der Waals surface area contributed by atoms with Gasteiger partial charge in [0, 0.05) is 36.5 Å². The van der Waals surface area contributed by atoms with Gasteiger partial charge in [-0.3, -0.25) is 4.79 Å². The molecule has 0 atom stereocenters. The van der Waals surface area contributed by atoms with Crippen LogP contribution in [0, 0.1) is 18.6 Å². The lowest BCUT2D eigenvalue weighted by atomic mass is 10.2. The van der Waals surface area contributed by atoms with E-state index in [1.54, 1.807) is 0 Å². The fraction of sp³-hybridized carbons (Fsp3) is 0.316. The van der Waals surface area contributed by atoms with Crippen molar-refractivity contribution >= 4 is 17.8 Å². The lowest BCUT2D eigenvalue weighted by Crippen LogP contribution is -2.37. The van der Waals surface area contributed by atoms with Gasteiger partial charge in [-0.25, -0.2) is 18.7 Å². The lowest BCUT2D eigenvalue weighted by Gasteiger charge is -2.28. The average molecular weight is 374 g/mol. The second-order valence-corrected chi connectivity index (χ2v) is 6.10. The Kier molecular flexibility index (Phi) is 6.08. The van der Waals surface area contributed by atoms with Crippen LogP contribution in [0.1, 0.15) is 17.1 Å². The van der Waals surface area contributed by atoms with Crippen molar-refractivity contribution in [2.75, 3.05) is 31.2 Å². The molecule has 0 bridgehead atoms. The van der Waals surface area contributed by atoms with E-state index in [1.165, 1.54) is 6.08 Å². The van der Waals surface area contributed by atoms with Crippen LogP contribution in [0.25, 0.3) is 6.08 Å². The first kappa shape index (κ1) is 18.9. The van der Waals surface area contributed by atoms with Crippen molar-refractivity contribution in [2.24, 2.45) is 0 Å². The molecule has 3 rings (SSSR count). The highest BCUT2D eigenvalue weighted by molar-refractivity contribution is 5.91. The summed E-state index contributed by atoms with van der Waals surface area (Å²) in [6, 6.07) is 4.95. The Bertz CT molecular complexity index is 852. The zero-order valence-electron chi connectivity index (χ0n) is 14.9. The standard InChI is InChI=1S/C19H20F2N4O2/c1-13-10-18(25-6-8-27-9-7-25)24-17(23-13)12-22-19(26)5-2-14-11-15(20)3-4-16(14)21/h2-5,10-11H,6-9,12H2,1H3,(H,22,26)/b5-2+. The molecule has 1 fully saturated rings. The number of ether oxygens (including phenoxy) is 1. The van der Waals surface area contributed by atoms with Gasteiger partial charge in [-0.1, -0.05) is 0 Å². The quantitative estimate of drug-likeness (QED) is 0.813. The molecule has 0 spiro atoms. The van der Waals surface area contributed by atoms with Gasteiger partial charge in [-0.05, 0) is 31.2 Å². The number of aromatic nitrogens is 2. The largest absolute Gasteiger partial charge is 0.378 e. The average Bonchev–Trinajstić information content (AvgIpc) is 2.67. The van der Waals surface area contributed by atoms with E-state index in [0.29, 0.717) is 19.0 Å². The molecule has 0 aliphatic carbocycles. The molecule has 0 saturated carbocycles. The number of hydrogen-bond donors (Lipinski definition) is 1. The molecule has 1 N–H and O–H groups in total. The third-order valence-corrected chi connectivity index (χ3v) is 4.02. The first-order chi connectivity index (χ1) is 13.0. The molecular formula is C19H20F2N4O2. The number of amides is 1. The van der Waals surface area contributed by atoms with Gasteiger partial charge in [0.2, 0.25) is 5.91 Å². The van der Waals surface area contributed by atoms with E-state index in [2.05, 4.69) is 20.2 Å². The zero-order chi connectivity index (χ0) is 19.2. The van der Waals surface area contributed by atoms with Gasteiger partial charge in [0.25, 0.3) is 0 Å². The molecule has 0 radical (unpaired) electrons. The summed E-state index contributed by atoms with van der Waals surface area (Å²) in [6.07, 6.45) is 2.38. The molecule has 1 aliphatic heterocycles. The van der Waals surface area contributed by atoms with Crippen molar-refractivity contribution in [2.45, 2.75) is 13.5 Å². The highest BCUT2D eigenvalue weighted by atomic mass is 19.1. The van der Waals surface area contributed by atoms with E-state index in [-0.39, 0.29) is 12.1 Å². The van der Waals surface area contributed by atoms with Crippen molar-refractivity contribution < 1.29 is 18.3 Å². The van der Waals surface area contributed by atoms with E-state index in [0.717, 1.165) is 48.9 Å². The Hall–Kier alpha value is -2.87. The zero-order valence-corrected chi connectivity index (χ0v) is 14.9. The van der Waals surface area contributed by atoms with Gasteiger partial charge in [-0.15, -0.1) is 0 Å². The summed E-state index contributed by atoms with van der Waals surface area (Å²) in [7, 11) is 0. The third-order valence-electron chi connectivity index (χ3n) is 4.02. The number of rotatable bonds is 5. The number of anilines is 1. The predicted octanol–water partition coefficient (Wildman–Crippen LogP) is 2.23. The normalized spacial score (nSPS) is 14.6. The number of nitrogens with one attached hydrogen (secondary N) is 1. The van der Waals surface area contributed by atoms with Crippen LogP contribution in [0.3, 0.4) is 0 Å².